The molecule has 4 rings (SSSR count). The second-order valence-electron chi connectivity index (χ2n) is 6.92. The van der Waals surface area contributed by atoms with Gasteiger partial charge < -0.3 is 9.88 Å². The lowest BCUT2D eigenvalue weighted by Crippen LogP contribution is -2.46. The number of nitro groups is 1. The van der Waals surface area contributed by atoms with Crippen molar-refractivity contribution in [3.8, 4) is 0 Å². The molecule has 0 saturated carbocycles. The molecular formula is C20H23N5O2. The fourth-order valence-electron chi connectivity index (χ4n) is 3.72. The highest BCUT2D eigenvalue weighted by molar-refractivity contribution is 5.85. The van der Waals surface area contributed by atoms with Crippen LogP contribution in [0.3, 0.4) is 0 Å². The maximum atomic E-state index is 11.0. The van der Waals surface area contributed by atoms with Crippen LogP contribution in [0.1, 0.15) is 12.0 Å². The number of benzene rings is 1. The van der Waals surface area contributed by atoms with Crippen molar-refractivity contribution in [2.75, 3.05) is 37.6 Å². The highest BCUT2D eigenvalue weighted by atomic mass is 16.6. The van der Waals surface area contributed by atoms with Crippen LogP contribution < -0.4 is 4.90 Å². The lowest BCUT2D eigenvalue weighted by Gasteiger charge is -2.35. The van der Waals surface area contributed by atoms with Crippen LogP contribution in [-0.2, 0) is 6.42 Å². The van der Waals surface area contributed by atoms with Crippen molar-refractivity contribution in [2.45, 2.75) is 12.8 Å². The second kappa shape index (κ2) is 7.75. The first-order valence-corrected chi connectivity index (χ1v) is 9.33. The van der Waals surface area contributed by atoms with E-state index in [-0.39, 0.29) is 10.6 Å². The minimum Gasteiger partial charge on any atom is -0.361 e. The molecule has 0 amide bonds. The maximum Gasteiger partial charge on any atom is 0.270 e. The molecule has 3 aromatic rings. The number of hydrogen-bond acceptors (Lipinski definition) is 5. The van der Waals surface area contributed by atoms with Crippen LogP contribution in [0.5, 0.6) is 0 Å². The molecule has 0 aliphatic carbocycles. The van der Waals surface area contributed by atoms with Crippen LogP contribution in [0, 0.1) is 10.1 Å². The van der Waals surface area contributed by atoms with E-state index in [1.54, 1.807) is 18.2 Å². The molecule has 1 N–H and O–H groups in total. The van der Waals surface area contributed by atoms with Crippen molar-refractivity contribution in [1.29, 1.82) is 0 Å². The predicted molar refractivity (Wildman–Crippen MR) is 106 cm³/mol. The molecule has 0 radical (unpaired) electrons. The summed E-state index contributed by atoms with van der Waals surface area (Å²) in [4.78, 5) is 23.1. The van der Waals surface area contributed by atoms with E-state index >= 15 is 0 Å². The number of nitrogens with one attached hydrogen (secondary N) is 1. The number of pyridine rings is 1. The first kappa shape index (κ1) is 17.5. The van der Waals surface area contributed by atoms with Crippen molar-refractivity contribution in [1.82, 2.24) is 14.9 Å². The second-order valence-corrected chi connectivity index (χ2v) is 6.92. The van der Waals surface area contributed by atoms with Gasteiger partial charge in [-0.3, -0.25) is 15.0 Å². The summed E-state index contributed by atoms with van der Waals surface area (Å²) in [6, 6.07) is 11.0. The highest BCUT2D eigenvalue weighted by Crippen LogP contribution is 2.24. The lowest BCUT2D eigenvalue weighted by atomic mass is 10.1. The number of fused-ring (bicyclic) bond motifs is 1. The Morgan fingerprint density at radius 1 is 1.15 bits per heavy atom. The molecule has 0 spiro atoms. The molecule has 1 saturated heterocycles. The molecule has 27 heavy (non-hydrogen) atoms. The SMILES string of the molecule is O=[N+]([O-])c1ccc2[nH]cc(CCCN3CCN(c4ccccn4)CC3)c2c1. The summed E-state index contributed by atoms with van der Waals surface area (Å²) in [5.74, 6) is 1.05. The van der Waals surface area contributed by atoms with E-state index in [2.05, 4.69) is 25.8 Å². The third kappa shape index (κ3) is 3.93. The zero-order chi connectivity index (χ0) is 18.6. The zero-order valence-corrected chi connectivity index (χ0v) is 15.2. The predicted octanol–water partition coefficient (Wildman–Crippen LogP) is 3.23. The first-order valence-electron chi connectivity index (χ1n) is 9.33. The summed E-state index contributed by atoms with van der Waals surface area (Å²) < 4.78 is 0. The molecule has 0 unspecified atom stereocenters. The summed E-state index contributed by atoms with van der Waals surface area (Å²) in [5, 5.41) is 12.0. The Labute approximate surface area is 157 Å². The largest absolute Gasteiger partial charge is 0.361 e. The van der Waals surface area contributed by atoms with Gasteiger partial charge in [0.25, 0.3) is 5.69 Å². The average Bonchev–Trinajstić information content (AvgIpc) is 3.11. The Morgan fingerprint density at radius 3 is 2.74 bits per heavy atom. The van der Waals surface area contributed by atoms with E-state index in [4.69, 9.17) is 0 Å². The Balaban J connectivity index is 1.30. The van der Waals surface area contributed by atoms with E-state index in [0.717, 1.165) is 67.8 Å². The van der Waals surface area contributed by atoms with Crippen molar-refractivity contribution in [2.24, 2.45) is 0 Å². The minimum atomic E-state index is -0.336. The summed E-state index contributed by atoms with van der Waals surface area (Å²) in [7, 11) is 0. The molecule has 1 aliphatic heterocycles. The van der Waals surface area contributed by atoms with Gasteiger partial charge in [-0.2, -0.15) is 0 Å². The molecular weight excluding hydrogens is 342 g/mol. The van der Waals surface area contributed by atoms with Crippen LogP contribution in [-0.4, -0.2) is 52.5 Å². The Kier molecular flexibility index (Phi) is 5.02. The third-order valence-corrected chi connectivity index (χ3v) is 5.23. The average molecular weight is 365 g/mol. The summed E-state index contributed by atoms with van der Waals surface area (Å²) in [5.41, 5.74) is 2.26. The van der Waals surface area contributed by atoms with Crippen LogP contribution in [0.4, 0.5) is 11.5 Å². The van der Waals surface area contributed by atoms with Crippen LogP contribution >= 0.6 is 0 Å². The highest BCUT2D eigenvalue weighted by Gasteiger charge is 2.17. The summed E-state index contributed by atoms with van der Waals surface area (Å²) in [6.45, 7) is 5.11. The number of aryl methyl sites for hydroxylation is 1. The van der Waals surface area contributed by atoms with E-state index in [1.165, 1.54) is 0 Å². The lowest BCUT2D eigenvalue weighted by molar-refractivity contribution is -0.384. The number of non-ortho nitro benzene ring substituents is 1. The number of anilines is 1. The number of rotatable bonds is 6. The number of nitro benzene ring substituents is 1. The first-order chi connectivity index (χ1) is 13.2. The molecule has 1 aliphatic rings. The molecule has 1 aromatic carbocycles. The van der Waals surface area contributed by atoms with E-state index in [0.29, 0.717) is 0 Å². The summed E-state index contributed by atoms with van der Waals surface area (Å²) >= 11 is 0. The normalized spacial score (nSPS) is 15.3. The van der Waals surface area contributed by atoms with Gasteiger partial charge in [-0.15, -0.1) is 0 Å². The van der Waals surface area contributed by atoms with E-state index < -0.39 is 0 Å². The molecule has 7 heteroatoms. The molecule has 7 nitrogen and oxygen atoms in total. The molecule has 140 valence electrons. The Hall–Kier alpha value is -2.93. The molecule has 2 aromatic heterocycles. The number of aromatic amines is 1. The Morgan fingerprint density at radius 2 is 2.00 bits per heavy atom. The van der Waals surface area contributed by atoms with Crippen molar-refractivity contribution >= 4 is 22.4 Å². The van der Waals surface area contributed by atoms with E-state index in [1.807, 2.05) is 24.5 Å². The number of piperazine rings is 1. The quantitative estimate of drug-likeness (QED) is 0.536. The molecule has 0 bridgehead atoms. The standard InChI is InChI=1S/C20H23N5O2/c26-25(27)17-6-7-19-18(14-17)16(15-22-19)4-3-9-23-10-12-24(13-11-23)20-5-1-2-8-21-20/h1-2,5-8,14-15,22H,3-4,9-13H2. The van der Waals surface area contributed by atoms with Gasteiger partial charge in [0.05, 0.1) is 4.92 Å². The molecule has 3 heterocycles. The number of H-pyrrole nitrogens is 1. The van der Waals surface area contributed by atoms with Gasteiger partial charge in [-0.1, -0.05) is 6.07 Å². The number of aromatic nitrogens is 2. The zero-order valence-electron chi connectivity index (χ0n) is 15.2. The topological polar surface area (TPSA) is 78.3 Å². The van der Waals surface area contributed by atoms with Crippen LogP contribution in [0.2, 0.25) is 0 Å². The number of hydrogen-bond donors (Lipinski definition) is 1. The summed E-state index contributed by atoms with van der Waals surface area (Å²) in [6.07, 6.45) is 5.78. The minimum absolute atomic E-state index is 0.147. The van der Waals surface area contributed by atoms with Gasteiger partial charge in [0.1, 0.15) is 5.82 Å². The van der Waals surface area contributed by atoms with Crippen LogP contribution in [0.25, 0.3) is 10.9 Å². The maximum absolute atomic E-state index is 11.0. The molecule has 0 atom stereocenters. The van der Waals surface area contributed by atoms with Crippen molar-refractivity contribution in [3.63, 3.8) is 0 Å². The molecule has 1 fully saturated rings. The van der Waals surface area contributed by atoms with Crippen molar-refractivity contribution in [3.05, 3.63) is 64.5 Å². The monoisotopic (exact) mass is 365 g/mol. The van der Waals surface area contributed by atoms with Gasteiger partial charge in [-0.05, 0) is 43.1 Å². The van der Waals surface area contributed by atoms with Crippen LogP contribution in [0.15, 0.2) is 48.8 Å². The third-order valence-electron chi connectivity index (χ3n) is 5.23. The fourth-order valence-corrected chi connectivity index (χ4v) is 3.72. The van der Waals surface area contributed by atoms with Gasteiger partial charge in [0, 0.05) is 61.6 Å². The Bertz CT molecular complexity index is 917. The van der Waals surface area contributed by atoms with Gasteiger partial charge in [-0.25, -0.2) is 4.98 Å². The smallest absolute Gasteiger partial charge is 0.270 e. The van der Waals surface area contributed by atoms with Gasteiger partial charge in [0.15, 0.2) is 0 Å². The van der Waals surface area contributed by atoms with Crippen molar-refractivity contribution < 1.29 is 4.92 Å². The van der Waals surface area contributed by atoms with Gasteiger partial charge >= 0.3 is 0 Å². The fraction of sp³-hybridized carbons (Fsp3) is 0.350. The van der Waals surface area contributed by atoms with Gasteiger partial charge in [0.2, 0.25) is 0 Å². The number of nitrogens with zero attached hydrogens (tertiary/aromatic N) is 4. The van der Waals surface area contributed by atoms with E-state index in [9.17, 15) is 10.1 Å².